The van der Waals surface area contributed by atoms with Gasteiger partial charge in [-0.3, -0.25) is 33.6 Å². The largest absolute Gasteiger partial charge is 0.481 e. The first-order chi connectivity index (χ1) is 16.7. The topological polar surface area (TPSA) is 292 Å². The van der Waals surface area contributed by atoms with E-state index < -0.39 is 97.5 Å². The molecule has 0 aromatic carbocycles. The molecule has 202 valence electrons. The second-order valence-electron chi connectivity index (χ2n) is 7.14. The molecule has 17 nitrogen and oxygen atoms in total. The van der Waals surface area contributed by atoms with Gasteiger partial charge in [-0.2, -0.15) is 12.6 Å². The van der Waals surface area contributed by atoms with Crippen LogP contribution in [0.3, 0.4) is 0 Å². The van der Waals surface area contributed by atoms with E-state index in [1.807, 2.05) is 16.0 Å². The number of carbonyl (C=O) groups excluding carboxylic acids is 4. The highest BCUT2D eigenvalue weighted by molar-refractivity contribution is 7.80. The third kappa shape index (κ3) is 12.5. The molecule has 0 unspecified atom stereocenters. The van der Waals surface area contributed by atoms with Crippen LogP contribution in [0.25, 0.3) is 0 Å². The molecule has 0 aliphatic carbocycles. The SMILES string of the molecule is NC[C@H](NC(=O)[C@H](CC(=O)O)NC(=O)[C@H](CC(=O)O)NC(=O)[C@H](CC(=O)O)NC(=O)CCS)C(=O)O. The molecule has 10 N–H and O–H groups in total. The lowest BCUT2D eigenvalue weighted by atomic mass is 10.1. The van der Waals surface area contributed by atoms with Crippen LogP contribution in [0.15, 0.2) is 0 Å². The molecule has 0 bridgehead atoms. The van der Waals surface area contributed by atoms with Crippen LogP contribution in [0.5, 0.6) is 0 Å². The molecule has 18 heteroatoms. The van der Waals surface area contributed by atoms with E-state index in [4.69, 9.17) is 26.2 Å². The monoisotopic (exact) mass is 537 g/mol. The van der Waals surface area contributed by atoms with Gasteiger partial charge in [-0.15, -0.1) is 0 Å². The van der Waals surface area contributed by atoms with Crippen molar-refractivity contribution in [3.8, 4) is 0 Å². The van der Waals surface area contributed by atoms with E-state index in [9.17, 15) is 38.4 Å². The van der Waals surface area contributed by atoms with Crippen LogP contribution < -0.4 is 27.0 Å². The predicted octanol–water partition coefficient (Wildman–Crippen LogP) is -4.29. The van der Waals surface area contributed by atoms with Crippen molar-refractivity contribution in [2.75, 3.05) is 12.3 Å². The first kappa shape index (κ1) is 32.1. The number of thiol groups is 1. The van der Waals surface area contributed by atoms with Crippen molar-refractivity contribution < 1.29 is 58.8 Å². The molecule has 0 aliphatic heterocycles. The van der Waals surface area contributed by atoms with E-state index in [1.54, 1.807) is 0 Å². The molecule has 4 atom stereocenters. The van der Waals surface area contributed by atoms with Crippen LogP contribution in [0, 0.1) is 0 Å². The first-order valence-electron chi connectivity index (χ1n) is 10.1. The third-order valence-corrected chi connectivity index (χ3v) is 4.47. The summed E-state index contributed by atoms with van der Waals surface area (Å²) in [4.78, 5) is 93.7. The van der Waals surface area contributed by atoms with Crippen LogP contribution >= 0.6 is 12.6 Å². The van der Waals surface area contributed by atoms with Crippen LogP contribution in [0.4, 0.5) is 0 Å². The van der Waals surface area contributed by atoms with Gasteiger partial charge in [0.25, 0.3) is 0 Å². The Morgan fingerprint density at radius 3 is 1.22 bits per heavy atom. The van der Waals surface area contributed by atoms with Crippen molar-refractivity contribution in [2.45, 2.75) is 49.9 Å². The Morgan fingerprint density at radius 2 is 0.944 bits per heavy atom. The quantitative estimate of drug-likeness (QED) is 0.0787. The van der Waals surface area contributed by atoms with E-state index in [1.165, 1.54) is 0 Å². The summed E-state index contributed by atoms with van der Waals surface area (Å²) in [6.07, 6.45) is -3.24. The van der Waals surface area contributed by atoms with E-state index in [0.717, 1.165) is 0 Å². The van der Waals surface area contributed by atoms with Gasteiger partial charge >= 0.3 is 23.9 Å². The first-order valence-corrected chi connectivity index (χ1v) is 10.7. The fraction of sp³-hybridized carbons (Fsp3) is 0.556. The summed E-state index contributed by atoms with van der Waals surface area (Å²) >= 11 is 3.82. The summed E-state index contributed by atoms with van der Waals surface area (Å²) in [5.74, 6) is -10.8. The van der Waals surface area contributed by atoms with E-state index in [0.29, 0.717) is 0 Å². The number of rotatable bonds is 17. The Labute approximate surface area is 208 Å². The Hall–Kier alpha value is -3.93. The molecule has 0 aliphatic rings. The summed E-state index contributed by atoms with van der Waals surface area (Å²) in [6.45, 7) is -0.573. The van der Waals surface area contributed by atoms with E-state index in [-0.39, 0.29) is 12.2 Å². The van der Waals surface area contributed by atoms with Crippen molar-refractivity contribution in [3.05, 3.63) is 0 Å². The normalized spacial score (nSPS) is 13.7. The zero-order valence-corrected chi connectivity index (χ0v) is 19.5. The van der Waals surface area contributed by atoms with Crippen LogP contribution in [-0.4, -0.2) is 104 Å². The highest BCUT2D eigenvalue weighted by atomic mass is 32.1. The van der Waals surface area contributed by atoms with Crippen LogP contribution in [0.1, 0.15) is 25.7 Å². The molecule has 36 heavy (non-hydrogen) atoms. The number of carboxylic acid groups (broad SMARTS) is 4. The van der Waals surface area contributed by atoms with Gasteiger partial charge in [0.2, 0.25) is 23.6 Å². The molecular formula is C18H27N5O12S. The molecule has 0 rings (SSSR count). The van der Waals surface area contributed by atoms with Gasteiger partial charge in [0.1, 0.15) is 24.2 Å². The van der Waals surface area contributed by atoms with Gasteiger partial charge < -0.3 is 47.4 Å². The molecular weight excluding hydrogens is 510 g/mol. The standard InChI is InChI=1S/C18H27N5O12S/c19-6-10(18(34)35)23-17(33)9(5-14(29)30)22-16(32)8(4-13(27)28)21-15(31)7(3-12(25)26)20-11(24)1-2-36/h7-10,36H,1-6,19H2,(H,20,24)(H,21,31)(H,22,32)(H,23,33)(H,25,26)(H,27,28)(H,29,30)(H,34,35)/t7-,8-,9-,10-/m0/s1. The van der Waals surface area contributed by atoms with Gasteiger partial charge in [0.05, 0.1) is 19.3 Å². The maximum atomic E-state index is 12.7. The second-order valence-corrected chi connectivity index (χ2v) is 7.59. The molecule has 0 aromatic rings. The minimum atomic E-state index is -1.94. The number of hydrogen-bond acceptors (Lipinski definition) is 10. The fourth-order valence-electron chi connectivity index (χ4n) is 2.56. The molecule has 0 heterocycles. The van der Waals surface area contributed by atoms with Gasteiger partial charge in [-0.1, -0.05) is 0 Å². The van der Waals surface area contributed by atoms with Crippen molar-refractivity contribution in [2.24, 2.45) is 5.73 Å². The number of nitrogens with two attached hydrogens (primary N) is 1. The van der Waals surface area contributed by atoms with Gasteiger partial charge in [0, 0.05) is 13.0 Å². The number of carboxylic acids is 4. The molecule has 0 radical (unpaired) electrons. The van der Waals surface area contributed by atoms with Crippen molar-refractivity contribution in [1.29, 1.82) is 0 Å². The minimum absolute atomic E-state index is 0.0667. The minimum Gasteiger partial charge on any atom is -0.481 e. The van der Waals surface area contributed by atoms with E-state index in [2.05, 4.69) is 17.9 Å². The van der Waals surface area contributed by atoms with Crippen LogP contribution in [0.2, 0.25) is 0 Å². The van der Waals surface area contributed by atoms with Crippen molar-refractivity contribution in [1.82, 2.24) is 21.3 Å². The van der Waals surface area contributed by atoms with Gasteiger partial charge in [0.15, 0.2) is 0 Å². The average molecular weight is 538 g/mol. The Balaban J connectivity index is 5.74. The number of carbonyl (C=O) groups is 8. The third-order valence-electron chi connectivity index (χ3n) is 4.24. The highest BCUT2D eigenvalue weighted by Gasteiger charge is 2.33. The number of amides is 4. The predicted molar refractivity (Wildman–Crippen MR) is 120 cm³/mol. The average Bonchev–Trinajstić information content (AvgIpc) is 2.74. The van der Waals surface area contributed by atoms with E-state index >= 15 is 0 Å². The lowest BCUT2D eigenvalue weighted by molar-refractivity contribution is -0.145. The summed E-state index contributed by atoms with van der Waals surface area (Å²) in [6, 6.07) is -7.18. The zero-order valence-electron chi connectivity index (χ0n) is 18.6. The molecule has 0 fully saturated rings. The summed E-state index contributed by atoms with van der Waals surface area (Å²) in [5.41, 5.74) is 5.21. The number of nitrogens with one attached hydrogen (secondary N) is 4. The summed E-state index contributed by atoms with van der Waals surface area (Å²) in [7, 11) is 0. The van der Waals surface area contributed by atoms with Crippen molar-refractivity contribution >= 4 is 60.1 Å². The Morgan fingerprint density at radius 1 is 0.611 bits per heavy atom. The van der Waals surface area contributed by atoms with Gasteiger partial charge in [-0.05, 0) is 5.75 Å². The molecule has 0 aromatic heterocycles. The maximum Gasteiger partial charge on any atom is 0.327 e. The fourth-order valence-corrected chi connectivity index (χ4v) is 2.76. The molecule has 0 spiro atoms. The van der Waals surface area contributed by atoms with Gasteiger partial charge in [-0.25, -0.2) is 4.79 Å². The molecule has 0 saturated heterocycles. The Kier molecular flexibility index (Phi) is 14.1. The zero-order chi connectivity index (χ0) is 28.0. The molecule has 4 amide bonds. The number of hydrogen-bond donors (Lipinski definition) is 10. The highest BCUT2D eigenvalue weighted by Crippen LogP contribution is 2.02. The lowest BCUT2D eigenvalue weighted by Crippen LogP contribution is -2.59. The smallest absolute Gasteiger partial charge is 0.327 e. The lowest BCUT2D eigenvalue weighted by Gasteiger charge is -2.24. The summed E-state index contributed by atoms with van der Waals surface area (Å²) in [5, 5.41) is 43.9. The summed E-state index contributed by atoms with van der Waals surface area (Å²) < 4.78 is 0. The van der Waals surface area contributed by atoms with Crippen LogP contribution in [-0.2, 0) is 38.4 Å². The number of aliphatic carboxylic acids is 4. The Bertz CT molecular complexity index is 883. The maximum absolute atomic E-state index is 12.7. The second kappa shape index (κ2) is 15.9. The molecule has 0 saturated carbocycles. The van der Waals surface area contributed by atoms with Crippen molar-refractivity contribution in [3.63, 3.8) is 0 Å².